The van der Waals surface area contributed by atoms with Crippen molar-refractivity contribution < 1.29 is 18.7 Å². The normalized spacial score (nSPS) is 11.2. The standard InChI is InChI=1S/C25H26BrFN2O4/c1-25(2,3)33-24(31)28-14-18-5-4-6-19(13-18)15-29-12-11-21(22(26)23(29)30)32-16-17-7-9-20(27)10-8-17/h4-13H,14-16H2,1-3H3,(H,28,31). The van der Waals surface area contributed by atoms with Crippen molar-refractivity contribution in [2.24, 2.45) is 0 Å². The lowest BCUT2D eigenvalue weighted by Gasteiger charge is -2.19. The van der Waals surface area contributed by atoms with E-state index >= 15 is 0 Å². The Hall–Kier alpha value is -3.13. The smallest absolute Gasteiger partial charge is 0.407 e. The van der Waals surface area contributed by atoms with Gasteiger partial charge in [0, 0.05) is 12.7 Å². The van der Waals surface area contributed by atoms with E-state index in [4.69, 9.17) is 9.47 Å². The van der Waals surface area contributed by atoms with Gasteiger partial charge in [-0.2, -0.15) is 0 Å². The number of pyridine rings is 1. The molecule has 1 heterocycles. The molecule has 0 fully saturated rings. The van der Waals surface area contributed by atoms with Crippen LogP contribution in [0.2, 0.25) is 0 Å². The third-order valence-corrected chi connectivity index (χ3v) is 5.29. The summed E-state index contributed by atoms with van der Waals surface area (Å²) in [6.45, 7) is 6.31. The zero-order valence-electron chi connectivity index (χ0n) is 18.7. The molecule has 3 rings (SSSR count). The average Bonchev–Trinajstić information content (AvgIpc) is 2.75. The van der Waals surface area contributed by atoms with Gasteiger partial charge in [-0.05, 0) is 71.6 Å². The number of nitrogens with zero attached hydrogens (tertiary/aromatic N) is 1. The summed E-state index contributed by atoms with van der Waals surface area (Å²) in [5, 5.41) is 2.73. The van der Waals surface area contributed by atoms with Gasteiger partial charge in [0.1, 0.15) is 28.2 Å². The molecule has 0 aliphatic carbocycles. The van der Waals surface area contributed by atoms with Gasteiger partial charge in [-0.3, -0.25) is 4.79 Å². The Balaban J connectivity index is 1.64. The quantitative estimate of drug-likeness (QED) is 0.456. The summed E-state index contributed by atoms with van der Waals surface area (Å²) >= 11 is 3.33. The van der Waals surface area contributed by atoms with Crippen molar-refractivity contribution in [3.05, 3.63) is 98.1 Å². The molecule has 3 aromatic rings. The molecule has 1 amide bonds. The van der Waals surface area contributed by atoms with Gasteiger partial charge >= 0.3 is 6.09 Å². The lowest BCUT2D eigenvalue weighted by molar-refractivity contribution is 0.0523. The predicted octanol–water partition coefficient (Wildman–Crippen LogP) is 5.40. The first-order chi connectivity index (χ1) is 15.6. The average molecular weight is 517 g/mol. The maximum atomic E-state index is 13.0. The van der Waals surface area contributed by atoms with Gasteiger partial charge < -0.3 is 19.4 Å². The van der Waals surface area contributed by atoms with Gasteiger partial charge in [-0.1, -0.05) is 36.4 Å². The Morgan fingerprint density at radius 3 is 2.45 bits per heavy atom. The minimum absolute atomic E-state index is 0.217. The van der Waals surface area contributed by atoms with Crippen molar-refractivity contribution in [1.82, 2.24) is 9.88 Å². The molecule has 0 saturated heterocycles. The van der Waals surface area contributed by atoms with Crippen LogP contribution in [0.5, 0.6) is 5.75 Å². The SMILES string of the molecule is CC(C)(C)OC(=O)NCc1cccc(Cn2ccc(OCc3ccc(F)cc3)c(Br)c2=O)c1. The molecule has 1 N–H and O–H groups in total. The van der Waals surface area contributed by atoms with E-state index in [2.05, 4.69) is 21.2 Å². The number of hydrogen-bond donors (Lipinski definition) is 1. The van der Waals surface area contributed by atoms with Crippen LogP contribution in [-0.2, 0) is 24.4 Å². The number of carbonyl (C=O) groups is 1. The molecule has 0 bridgehead atoms. The van der Waals surface area contributed by atoms with Crippen LogP contribution in [0.1, 0.15) is 37.5 Å². The fourth-order valence-electron chi connectivity index (χ4n) is 3.03. The van der Waals surface area contributed by atoms with Crippen LogP contribution < -0.4 is 15.6 Å². The largest absolute Gasteiger partial charge is 0.487 e. The second-order valence-electron chi connectivity index (χ2n) is 8.52. The monoisotopic (exact) mass is 516 g/mol. The Morgan fingerprint density at radius 1 is 1.06 bits per heavy atom. The Morgan fingerprint density at radius 2 is 1.76 bits per heavy atom. The van der Waals surface area contributed by atoms with E-state index in [9.17, 15) is 14.0 Å². The van der Waals surface area contributed by atoms with Crippen molar-refractivity contribution in [1.29, 1.82) is 0 Å². The van der Waals surface area contributed by atoms with E-state index in [0.29, 0.717) is 23.3 Å². The summed E-state index contributed by atoms with van der Waals surface area (Å²) in [4.78, 5) is 24.7. The third kappa shape index (κ3) is 7.46. The minimum Gasteiger partial charge on any atom is -0.487 e. The molecule has 2 aromatic carbocycles. The molecule has 33 heavy (non-hydrogen) atoms. The molecule has 0 radical (unpaired) electrons. The van der Waals surface area contributed by atoms with Gasteiger partial charge in [0.05, 0.1) is 6.54 Å². The van der Waals surface area contributed by atoms with Crippen molar-refractivity contribution in [2.45, 2.75) is 46.1 Å². The number of carbonyl (C=O) groups excluding carboxylic acids is 1. The van der Waals surface area contributed by atoms with Gasteiger partial charge in [-0.25, -0.2) is 9.18 Å². The Kier molecular flexibility index (Phi) is 7.92. The van der Waals surface area contributed by atoms with Crippen LogP contribution in [0.25, 0.3) is 0 Å². The van der Waals surface area contributed by atoms with E-state index < -0.39 is 11.7 Å². The molecule has 0 aliphatic rings. The Labute approximate surface area is 200 Å². The number of benzene rings is 2. The lowest BCUT2D eigenvalue weighted by atomic mass is 10.1. The van der Waals surface area contributed by atoms with Gasteiger partial charge in [-0.15, -0.1) is 0 Å². The summed E-state index contributed by atoms with van der Waals surface area (Å²) in [6.07, 6.45) is 1.18. The van der Waals surface area contributed by atoms with Crippen LogP contribution in [0.3, 0.4) is 0 Å². The topological polar surface area (TPSA) is 69.6 Å². The van der Waals surface area contributed by atoms with Gasteiger partial charge in [0.2, 0.25) is 0 Å². The van der Waals surface area contributed by atoms with Crippen molar-refractivity contribution in [3.63, 3.8) is 0 Å². The first-order valence-electron chi connectivity index (χ1n) is 10.4. The number of halogens is 2. The highest BCUT2D eigenvalue weighted by Gasteiger charge is 2.16. The van der Waals surface area contributed by atoms with E-state index in [1.807, 2.05) is 45.0 Å². The van der Waals surface area contributed by atoms with Crippen LogP contribution in [0.4, 0.5) is 9.18 Å². The van der Waals surface area contributed by atoms with Crippen LogP contribution >= 0.6 is 15.9 Å². The highest BCUT2D eigenvalue weighted by Crippen LogP contribution is 2.22. The molecule has 1 aromatic heterocycles. The minimum atomic E-state index is -0.560. The fourth-order valence-corrected chi connectivity index (χ4v) is 3.51. The zero-order valence-corrected chi connectivity index (χ0v) is 20.3. The van der Waals surface area contributed by atoms with Gasteiger partial charge in [0.25, 0.3) is 5.56 Å². The lowest BCUT2D eigenvalue weighted by Crippen LogP contribution is -2.32. The van der Waals surface area contributed by atoms with Crippen LogP contribution in [-0.4, -0.2) is 16.3 Å². The Bertz CT molecular complexity index is 1170. The summed E-state index contributed by atoms with van der Waals surface area (Å²) in [5.41, 5.74) is 1.81. The van der Waals surface area contributed by atoms with Crippen molar-refractivity contribution in [2.75, 3.05) is 0 Å². The predicted molar refractivity (Wildman–Crippen MR) is 128 cm³/mol. The zero-order chi connectivity index (χ0) is 24.0. The van der Waals surface area contributed by atoms with Crippen LogP contribution in [0, 0.1) is 5.82 Å². The molecular formula is C25H26BrFN2O4. The summed E-state index contributed by atoms with van der Waals surface area (Å²) < 4.78 is 25.9. The van der Waals surface area contributed by atoms with Crippen molar-refractivity contribution in [3.8, 4) is 5.75 Å². The molecule has 0 spiro atoms. The molecule has 0 atom stereocenters. The summed E-state index contributed by atoms with van der Waals surface area (Å²) in [5.74, 6) is 0.100. The maximum absolute atomic E-state index is 13.0. The first-order valence-corrected chi connectivity index (χ1v) is 11.2. The highest BCUT2D eigenvalue weighted by molar-refractivity contribution is 9.10. The number of alkyl carbamates (subject to hydrolysis) is 1. The number of ether oxygens (including phenoxy) is 2. The van der Waals surface area contributed by atoms with Crippen LogP contribution in [0.15, 0.2) is 70.1 Å². The van der Waals surface area contributed by atoms with E-state index in [0.717, 1.165) is 16.7 Å². The number of rotatable bonds is 7. The summed E-state index contributed by atoms with van der Waals surface area (Å²) in [7, 11) is 0. The fraction of sp³-hybridized carbons (Fsp3) is 0.280. The molecular weight excluding hydrogens is 491 g/mol. The number of aromatic nitrogens is 1. The molecule has 0 saturated carbocycles. The van der Waals surface area contributed by atoms with E-state index in [1.54, 1.807) is 29.0 Å². The number of nitrogens with one attached hydrogen (secondary N) is 1. The molecule has 174 valence electrons. The molecule has 0 aliphatic heterocycles. The second-order valence-corrected chi connectivity index (χ2v) is 9.31. The molecule has 0 unspecified atom stereocenters. The van der Waals surface area contributed by atoms with Gasteiger partial charge in [0.15, 0.2) is 0 Å². The molecule has 6 nitrogen and oxygen atoms in total. The van der Waals surface area contributed by atoms with E-state index in [-0.39, 0.29) is 18.0 Å². The maximum Gasteiger partial charge on any atom is 0.407 e. The summed E-state index contributed by atoms with van der Waals surface area (Å²) in [6, 6.07) is 15.3. The number of hydrogen-bond acceptors (Lipinski definition) is 4. The third-order valence-electron chi connectivity index (χ3n) is 4.56. The molecule has 8 heteroatoms. The highest BCUT2D eigenvalue weighted by atomic mass is 79.9. The second kappa shape index (κ2) is 10.7. The first kappa shape index (κ1) is 24.5. The van der Waals surface area contributed by atoms with E-state index in [1.165, 1.54) is 12.1 Å². The van der Waals surface area contributed by atoms with Crippen molar-refractivity contribution >= 4 is 22.0 Å². The number of amides is 1.